The second-order valence-corrected chi connectivity index (χ2v) is 8.08. The number of nitrogens with zero attached hydrogens (tertiary/aromatic N) is 1. The molecule has 4 rings (SSSR count). The average molecular weight is 361 g/mol. The Morgan fingerprint density at radius 2 is 1.63 bits per heavy atom. The molecule has 0 amide bonds. The number of rotatable bonds is 6. The second-order valence-electron chi connectivity index (χ2n) is 8.08. The van der Waals surface area contributed by atoms with Crippen LogP contribution in [-0.4, -0.2) is 17.2 Å². The molecule has 0 saturated heterocycles. The maximum absolute atomic E-state index is 3.85. The molecule has 1 aliphatic carbocycles. The highest BCUT2D eigenvalue weighted by Crippen LogP contribution is 2.30. The lowest BCUT2D eigenvalue weighted by atomic mass is 9.84. The molecule has 1 N–H and O–H groups in total. The zero-order valence-corrected chi connectivity index (χ0v) is 16.7. The standard InChI is InChI=1S/C25H32N2/c1-3-20-13-15-21(16-14-20)26-18-17-23-19(2)27(22-9-5-4-6-10-22)25-12-8-7-11-24(23)25/h4-12,20-21,26H,3,13-18H2,1-2H3. The molecule has 1 aliphatic rings. The molecule has 1 aromatic heterocycles. The summed E-state index contributed by atoms with van der Waals surface area (Å²) in [4.78, 5) is 0. The summed E-state index contributed by atoms with van der Waals surface area (Å²) in [6.07, 6.45) is 7.96. The van der Waals surface area contributed by atoms with Gasteiger partial charge in [0.15, 0.2) is 0 Å². The van der Waals surface area contributed by atoms with Crippen LogP contribution in [0.4, 0.5) is 0 Å². The molecule has 142 valence electrons. The van der Waals surface area contributed by atoms with E-state index in [1.165, 1.54) is 60.0 Å². The highest BCUT2D eigenvalue weighted by Gasteiger charge is 2.20. The minimum atomic E-state index is 0.718. The molecule has 0 unspecified atom stereocenters. The lowest BCUT2D eigenvalue weighted by molar-refractivity contribution is 0.287. The largest absolute Gasteiger partial charge is 0.314 e. The van der Waals surface area contributed by atoms with Gasteiger partial charge in [-0.3, -0.25) is 0 Å². The van der Waals surface area contributed by atoms with Crippen molar-refractivity contribution in [1.29, 1.82) is 0 Å². The highest BCUT2D eigenvalue weighted by atomic mass is 15.0. The van der Waals surface area contributed by atoms with Gasteiger partial charge in [-0.25, -0.2) is 0 Å². The van der Waals surface area contributed by atoms with Crippen LogP contribution in [-0.2, 0) is 6.42 Å². The third kappa shape index (κ3) is 3.82. The Morgan fingerprint density at radius 1 is 0.926 bits per heavy atom. The second kappa shape index (κ2) is 8.31. The summed E-state index contributed by atoms with van der Waals surface area (Å²) in [7, 11) is 0. The number of fused-ring (bicyclic) bond motifs is 1. The summed E-state index contributed by atoms with van der Waals surface area (Å²) in [5, 5.41) is 5.24. The number of aromatic nitrogens is 1. The molecule has 2 aromatic carbocycles. The minimum Gasteiger partial charge on any atom is -0.314 e. The molecule has 0 atom stereocenters. The SMILES string of the molecule is CCC1CCC(NCCc2c(C)n(-c3ccccc3)c3ccccc23)CC1. The predicted molar refractivity (Wildman–Crippen MR) is 116 cm³/mol. The molecule has 0 radical (unpaired) electrons. The predicted octanol–water partition coefficient (Wildman–Crippen LogP) is 6.04. The molecule has 0 spiro atoms. The Kier molecular flexibility index (Phi) is 5.63. The smallest absolute Gasteiger partial charge is 0.0534 e. The average Bonchev–Trinajstić information content (AvgIpc) is 3.01. The van der Waals surface area contributed by atoms with Crippen molar-refractivity contribution in [2.45, 2.75) is 58.4 Å². The normalized spacial score (nSPS) is 20.2. The van der Waals surface area contributed by atoms with Gasteiger partial charge in [-0.15, -0.1) is 0 Å². The van der Waals surface area contributed by atoms with Crippen molar-refractivity contribution >= 4 is 10.9 Å². The fraction of sp³-hybridized carbons (Fsp3) is 0.440. The first-order chi connectivity index (χ1) is 13.3. The van der Waals surface area contributed by atoms with Crippen LogP contribution in [0.15, 0.2) is 54.6 Å². The van der Waals surface area contributed by atoms with E-state index in [4.69, 9.17) is 0 Å². The molecule has 2 heteroatoms. The molecule has 3 aromatic rings. The summed E-state index contributed by atoms with van der Waals surface area (Å²) in [5.41, 5.74) is 5.44. The van der Waals surface area contributed by atoms with E-state index in [-0.39, 0.29) is 0 Å². The van der Waals surface area contributed by atoms with E-state index >= 15 is 0 Å². The third-order valence-corrected chi connectivity index (χ3v) is 6.49. The number of hydrogen-bond donors (Lipinski definition) is 1. The number of hydrogen-bond acceptors (Lipinski definition) is 1. The highest BCUT2D eigenvalue weighted by molar-refractivity contribution is 5.87. The molecule has 1 saturated carbocycles. The van der Waals surface area contributed by atoms with E-state index < -0.39 is 0 Å². The van der Waals surface area contributed by atoms with Crippen LogP contribution < -0.4 is 5.32 Å². The molecule has 1 fully saturated rings. The van der Waals surface area contributed by atoms with Crippen LogP contribution >= 0.6 is 0 Å². The molecule has 0 bridgehead atoms. The molecule has 1 heterocycles. The van der Waals surface area contributed by atoms with E-state index in [1.807, 2.05) is 0 Å². The Morgan fingerprint density at radius 3 is 2.37 bits per heavy atom. The van der Waals surface area contributed by atoms with Crippen molar-refractivity contribution in [3.8, 4) is 5.69 Å². The van der Waals surface area contributed by atoms with Gasteiger partial charge in [0.05, 0.1) is 5.52 Å². The minimum absolute atomic E-state index is 0.718. The van der Waals surface area contributed by atoms with Crippen LogP contribution in [0.5, 0.6) is 0 Å². The molecular formula is C25H32N2. The van der Waals surface area contributed by atoms with Crippen LogP contribution in [0, 0.1) is 12.8 Å². The molecule has 27 heavy (non-hydrogen) atoms. The van der Waals surface area contributed by atoms with Gasteiger partial charge in [0, 0.05) is 22.8 Å². The quantitative estimate of drug-likeness (QED) is 0.567. The van der Waals surface area contributed by atoms with Crippen LogP contribution in [0.3, 0.4) is 0 Å². The Bertz CT molecular complexity index is 870. The van der Waals surface area contributed by atoms with Crippen molar-refractivity contribution in [1.82, 2.24) is 9.88 Å². The lowest BCUT2D eigenvalue weighted by Crippen LogP contribution is -2.34. The van der Waals surface area contributed by atoms with Crippen molar-refractivity contribution in [3.63, 3.8) is 0 Å². The monoisotopic (exact) mass is 360 g/mol. The van der Waals surface area contributed by atoms with Crippen LogP contribution in [0.1, 0.15) is 50.3 Å². The van der Waals surface area contributed by atoms with Gasteiger partial charge in [-0.05, 0) is 75.3 Å². The lowest BCUT2D eigenvalue weighted by Gasteiger charge is -2.28. The van der Waals surface area contributed by atoms with Crippen molar-refractivity contribution in [3.05, 3.63) is 65.9 Å². The maximum atomic E-state index is 3.85. The van der Waals surface area contributed by atoms with E-state index in [0.29, 0.717) is 0 Å². The first-order valence-electron chi connectivity index (χ1n) is 10.7. The van der Waals surface area contributed by atoms with Gasteiger partial charge in [0.1, 0.15) is 0 Å². The Hall–Kier alpha value is -2.06. The molecule has 2 nitrogen and oxygen atoms in total. The van der Waals surface area contributed by atoms with Crippen LogP contribution in [0.2, 0.25) is 0 Å². The van der Waals surface area contributed by atoms with Gasteiger partial charge < -0.3 is 9.88 Å². The van der Waals surface area contributed by atoms with Gasteiger partial charge >= 0.3 is 0 Å². The number of para-hydroxylation sites is 2. The zero-order valence-electron chi connectivity index (χ0n) is 16.7. The van der Waals surface area contributed by atoms with Gasteiger partial charge in [0.2, 0.25) is 0 Å². The fourth-order valence-electron chi connectivity index (χ4n) is 4.84. The summed E-state index contributed by atoms with van der Waals surface area (Å²) in [6.45, 7) is 5.68. The summed E-state index contributed by atoms with van der Waals surface area (Å²) >= 11 is 0. The molecular weight excluding hydrogens is 328 g/mol. The van der Waals surface area contributed by atoms with Crippen molar-refractivity contribution in [2.75, 3.05) is 6.54 Å². The van der Waals surface area contributed by atoms with E-state index in [9.17, 15) is 0 Å². The Labute approximate surface area is 163 Å². The molecule has 0 aliphatic heterocycles. The van der Waals surface area contributed by atoms with Crippen molar-refractivity contribution < 1.29 is 0 Å². The van der Waals surface area contributed by atoms with Crippen LogP contribution in [0.25, 0.3) is 16.6 Å². The van der Waals surface area contributed by atoms with Crippen molar-refractivity contribution in [2.24, 2.45) is 5.92 Å². The Balaban J connectivity index is 1.52. The summed E-state index contributed by atoms with van der Waals surface area (Å²) in [5.74, 6) is 0.967. The fourth-order valence-corrected chi connectivity index (χ4v) is 4.84. The topological polar surface area (TPSA) is 17.0 Å². The third-order valence-electron chi connectivity index (χ3n) is 6.49. The van der Waals surface area contributed by atoms with E-state index in [2.05, 4.69) is 78.3 Å². The maximum Gasteiger partial charge on any atom is 0.0534 e. The van der Waals surface area contributed by atoms with E-state index in [1.54, 1.807) is 0 Å². The summed E-state index contributed by atoms with van der Waals surface area (Å²) < 4.78 is 2.41. The number of nitrogens with one attached hydrogen (secondary N) is 1. The zero-order chi connectivity index (χ0) is 18.6. The van der Waals surface area contributed by atoms with E-state index in [0.717, 1.165) is 24.9 Å². The van der Waals surface area contributed by atoms with Gasteiger partial charge in [-0.1, -0.05) is 49.7 Å². The number of benzene rings is 2. The first-order valence-corrected chi connectivity index (χ1v) is 10.7. The van der Waals surface area contributed by atoms with Gasteiger partial charge in [-0.2, -0.15) is 0 Å². The summed E-state index contributed by atoms with van der Waals surface area (Å²) in [6, 6.07) is 20.3. The first kappa shape index (κ1) is 18.3. The van der Waals surface area contributed by atoms with Gasteiger partial charge in [0.25, 0.3) is 0 Å².